The van der Waals surface area contributed by atoms with Crippen molar-refractivity contribution in [1.29, 1.82) is 0 Å². The number of thiazole rings is 1. The summed E-state index contributed by atoms with van der Waals surface area (Å²) < 4.78 is 53.8. The molecule has 37 heavy (non-hydrogen) atoms. The van der Waals surface area contributed by atoms with Crippen LogP contribution in [0.25, 0.3) is 6.08 Å². The molecule has 0 amide bonds. The molecule has 1 atom stereocenters. The number of aromatic hydroxyl groups is 1. The van der Waals surface area contributed by atoms with Gasteiger partial charge in [0.25, 0.3) is 5.56 Å². The number of fused-ring (bicyclic) bond motifs is 1. The minimum Gasteiger partial charge on any atom is -0.504 e. The lowest BCUT2D eigenvalue weighted by atomic mass is 9.95. The van der Waals surface area contributed by atoms with E-state index in [1.807, 2.05) is 0 Å². The predicted octanol–water partition coefficient (Wildman–Crippen LogP) is 4.10. The Morgan fingerprint density at radius 1 is 1.19 bits per heavy atom. The highest BCUT2D eigenvalue weighted by atomic mass is 35.5. The molecule has 0 bridgehead atoms. The van der Waals surface area contributed by atoms with E-state index in [2.05, 4.69) is 4.99 Å². The highest BCUT2D eigenvalue weighted by Crippen LogP contribution is 2.38. The molecule has 1 aromatic heterocycles. The molecular weight excluding hydrogens is 533 g/mol. The van der Waals surface area contributed by atoms with Crippen molar-refractivity contribution in [2.75, 3.05) is 13.2 Å². The van der Waals surface area contributed by atoms with Crippen molar-refractivity contribution in [3.63, 3.8) is 0 Å². The molecule has 194 valence electrons. The summed E-state index contributed by atoms with van der Waals surface area (Å²) in [6, 6.07) is 8.74. The Labute approximate surface area is 217 Å². The number of allylic oxidation sites excluding steroid dienone is 1. The molecule has 0 aliphatic carbocycles. The van der Waals surface area contributed by atoms with Crippen molar-refractivity contribution in [3.8, 4) is 11.5 Å². The average molecular weight is 553 g/mol. The second kappa shape index (κ2) is 10.4. The van der Waals surface area contributed by atoms with E-state index in [-0.39, 0.29) is 39.6 Å². The lowest BCUT2D eigenvalue weighted by Gasteiger charge is -2.26. The quantitative estimate of drug-likeness (QED) is 0.465. The van der Waals surface area contributed by atoms with E-state index >= 15 is 0 Å². The van der Waals surface area contributed by atoms with Gasteiger partial charge in [0.05, 0.1) is 29.4 Å². The topological polar surface area (TPSA) is 90.1 Å². The van der Waals surface area contributed by atoms with Gasteiger partial charge in [-0.3, -0.25) is 9.36 Å². The van der Waals surface area contributed by atoms with Crippen LogP contribution in [0.3, 0.4) is 0 Å². The number of phenols is 1. The number of carbonyl (C=O) groups excluding carboxylic acids is 1. The van der Waals surface area contributed by atoms with Gasteiger partial charge in [-0.05, 0) is 55.3 Å². The molecule has 1 aliphatic rings. The summed E-state index contributed by atoms with van der Waals surface area (Å²) in [6.45, 7) is 3.32. The summed E-state index contributed by atoms with van der Waals surface area (Å²) in [7, 11) is 0. The smallest absolute Gasteiger partial charge is 0.434 e. The van der Waals surface area contributed by atoms with Crippen LogP contribution in [0.5, 0.6) is 11.5 Å². The molecule has 0 unspecified atom stereocenters. The highest BCUT2D eigenvalue weighted by Gasteiger charge is 2.45. The van der Waals surface area contributed by atoms with Crippen LogP contribution >= 0.6 is 22.9 Å². The van der Waals surface area contributed by atoms with Gasteiger partial charge in [0.2, 0.25) is 0 Å². The van der Waals surface area contributed by atoms with Crippen LogP contribution in [0, 0.1) is 0 Å². The summed E-state index contributed by atoms with van der Waals surface area (Å²) in [5.74, 6) is -1.14. The number of carbonyl (C=O) groups is 1. The van der Waals surface area contributed by atoms with Crippen molar-refractivity contribution in [2.24, 2.45) is 4.99 Å². The first-order valence-corrected chi connectivity index (χ1v) is 12.3. The lowest BCUT2D eigenvalue weighted by Crippen LogP contribution is -2.41. The Morgan fingerprint density at radius 2 is 1.89 bits per heavy atom. The zero-order valence-corrected chi connectivity index (χ0v) is 21.1. The fourth-order valence-corrected chi connectivity index (χ4v) is 4.97. The molecule has 7 nitrogen and oxygen atoms in total. The largest absolute Gasteiger partial charge is 0.504 e. The molecule has 0 saturated heterocycles. The maximum atomic E-state index is 14.1. The molecule has 12 heteroatoms. The Bertz CT molecular complexity index is 1560. The van der Waals surface area contributed by atoms with Crippen molar-refractivity contribution in [1.82, 2.24) is 4.57 Å². The fourth-order valence-electron chi connectivity index (χ4n) is 3.84. The Kier molecular flexibility index (Phi) is 7.47. The second-order valence-electron chi connectivity index (χ2n) is 7.77. The molecule has 0 spiro atoms. The minimum absolute atomic E-state index is 0.0671. The summed E-state index contributed by atoms with van der Waals surface area (Å²) in [6.07, 6.45) is -3.54. The number of ether oxygens (including phenoxy) is 2. The van der Waals surface area contributed by atoms with E-state index in [0.29, 0.717) is 10.6 Å². The summed E-state index contributed by atoms with van der Waals surface area (Å²) in [5, 5.41) is 10.3. The number of phenolic OH excluding ortho intramolecular Hbond substituents is 1. The number of hydrogen-bond acceptors (Lipinski definition) is 7. The number of alkyl halides is 3. The molecule has 0 fully saturated rings. The number of aromatic nitrogens is 1. The van der Waals surface area contributed by atoms with Crippen molar-refractivity contribution in [3.05, 3.63) is 89.6 Å². The van der Waals surface area contributed by atoms with E-state index < -0.39 is 35.0 Å². The molecule has 4 rings (SSSR count). The summed E-state index contributed by atoms with van der Waals surface area (Å²) in [4.78, 5) is 29.8. The second-order valence-corrected chi connectivity index (χ2v) is 9.22. The lowest BCUT2D eigenvalue weighted by molar-refractivity contribution is -0.140. The molecule has 1 N–H and O–H groups in total. The van der Waals surface area contributed by atoms with Crippen LogP contribution in [-0.4, -0.2) is 35.0 Å². The third-order valence-corrected chi connectivity index (χ3v) is 6.60. The van der Waals surface area contributed by atoms with Gasteiger partial charge in [0.15, 0.2) is 22.0 Å². The van der Waals surface area contributed by atoms with Gasteiger partial charge >= 0.3 is 12.1 Å². The molecule has 1 aliphatic heterocycles. The number of benzene rings is 2. The number of nitrogens with zero attached hydrogens (tertiary/aromatic N) is 2. The first-order valence-electron chi connectivity index (χ1n) is 11.1. The third-order valence-electron chi connectivity index (χ3n) is 5.36. The molecule has 2 heterocycles. The van der Waals surface area contributed by atoms with Crippen molar-refractivity contribution >= 4 is 35.0 Å². The maximum Gasteiger partial charge on any atom is 0.434 e. The van der Waals surface area contributed by atoms with Crippen molar-refractivity contribution < 1.29 is 32.5 Å². The first kappa shape index (κ1) is 26.5. The standard InChI is InChI=1S/C25H20ClF3N2O5S/c1-3-35-17-11-13(5-10-16(17)32)12-18-22(33)31-20(14-6-8-15(26)9-7-14)19(23(34)36-4-2)21(25(27,28)29)30-24(31)37-18/h5-12,20,32H,3-4H2,1-2H3/b18-12-/t20-/m1/s1. The summed E-state index contributed by atoms with van der Waals surface area (Å²) in [5.41, 5.74) is -2.19. The van der Waals surface area contributed by atoms with Crippen LogP contribution < -0.4 is 19.6 Å². The van der Waals surface area contributed by atoms with Crippen molar-refractivity contribution in [2.45, 2.75) is 26.1 Å². The van der Waals surface area contributed by atoms with Gasteiger partial charge in [0, 0.05) is 5.02 Å². The van der Waals surface area contributed by atoms with Crippen LogP contribution in [-0.2, 0) is 9.53 Å². The minimum atomic E-state index is -4.99. The SMILES string of the molecule is CCOC(=O)C1=C(C(F)(F)F)N=c2s/c(=C\c3ccc(O)c(OCC)c3)c(=O)n2[C@@H]1c1ccc(Cl)cc1. The van der Waals surface area contributed by atoms with Crippen LogP contribution in [0.2, 0.25) is 5.02 Å². The van der Waals surface area contributed by atoms with E-state index in [1.165, 1.54) is 55.5 Å². The van der Waals surface area contributed by atoms with Gasteiger partial charge in [-0.2, -0.15) is 13.2 Å². The Balaban J connectivity index is 2.01. The predicted molar refractivity (Wildman–Crippen MR) is 132 cm³/mol. The Hall–Kier alpha value is -3.57. The van der Waals surface area contributed by atoms with Gasteiger partial charge in [-0.1, -0.05) is 41.1 Å². The summed E-state index contributed by atoms with van der Waals surface area (Å²) >= 11 is 6.71. The highest BCUT2D eigenvalue weighted by molar-refractivity contribution is 7.07. The average Bonchev–Trinajstić information content (AvgIpc) is 3.15. The van der Waals surface area contributed by atoms with Gasteiger partial charge < -0.3 is 14.6 Å². The van der Waals surface area contributed by atoms with Crippen LogP contribution in [0.1, 0.15) is 31.0 Å². The van der Waals surface area contributed by atoms with E-state index in [0.717, 1.165) is 15.9 Å². The maximum absolute atomic E-state index is 14.1. The molecule has 3 aromatic rings. The van der Waals surface area contributed by atoms with E-state index in [9.17, 15) is 27.9 Å². The third kappa shape index (κ3) is 5.28. The number of rotatable bonds is 6. The van der Waals surface area contributed by atoms with Crippen LogP contribution in [0.4, 0.5) is 13.2 Å². The monoisotopic (exact) mass is 552 g/mol. The van der Waals surface area contributed by atoms with Gasteiger partial charge in [-0.25, -0.2) is 9.79 Å². The number of hydrogen-bond donors (Lipinski definition) is 1. The normalized spacial score (nSPS) is 15.8. The first-order chi connectivity index (χ1) is 17.5. The molecule has 0 radical (unpaired) electrons. The zero-order valence-electron chi connectivity index (χ0n) is 19.5. The molecule has 0 saturated carbocycles. The fraction of sp³-hybridized carbons (Fsp3) is 0.240. The number of esters is 1. The van der Waals surface area contributed by atoms with Crippen LogP contribution in [0.15, 0.2) is 63.5 Å². The van der Waals surface area contributed by atoms with E-state index in [1.54, 1.807) is 6.92 Å². The Morgan fingerprint density at radius 3 is 2.51 bits per heavy atom. The number of halogens is 4. The van der Waals surface area contributed by atoms with E-state index in [4.69, 9.17) is 21.1 Å². The molecular formula is C25H20ClF3N2O5S. The molecule has 2 aromatic carbocycles. The van der Waals surface area contributed by atoms with Gasteiger partial charge in [0.1, 0.15) is 0 Å². The van der Waals surface area contributed by atoms with Gasteiger partial charge in [-0.15, -0.1) is 0 Å². The zero-order chi connectivity index (χ0) is 26.9.